The largest absolute Gasteiger partial charge is 0.383 e. The monoisotopic (exact) mass is 479 g/mol. The normalized spacial score (nSPS) is 18.5. The number of ether oxygens (including phenoxy) is 1. The molecule has 0 saturated carbocycles. The number of rotatable bonds is 7. The predicted octanol–water partition coefficient (Wildman–Crippen LogP) is 4.54. The van der Waals surface area contributed by atoms with Gasteiger partial charge in [-0.15, -0.1) is 0 Å². The number of amides is 2. The zero-order valence-corrected chi connectivity index (χ0v) is 20.8. The molecule has 2 amide bonds. The van der Waals surface area contributed by atoms with E-state index in [1.165, 1.54) is 17.7 Å². The van der Waals surface area contributed by atoms with Crippen molar-refractivity contribution in [3.8, 4) is 5.69 Å². The van der Waals surface area contributed by atoms with Crippen molar-refractivity contribution in [3.63, 3.8) is 0 Å². The van der Waals surface area contributed by atoms with Crippen molar-refractivity contribution in [2.45, 2.75) is 38.1 Å². The van der Waals surface area contributed by atoms with E-state index in [-0.39, 0.29) is 29.2 Å². The minimum Gasteiger partial charge on any atom is -0.383 e. The smallest absolute Gasteiger partial charge is 0.320 e. The number of methoxy groups -OCH3 is 1. The van der Waals surface area contributed by atoms with Crippen LogP contribution in [0.2, 0.25) is 0 Å². The highest BCUT2D eigenvalue weighted by Gasteiger charge is 2.34. The Labute approximate surface area is 206 Å². The Morgan fingerprint density at radius 3 is 2.49 bits per heavy atom. The Morgan fingerprint density at radius 2 is 1.83 bits per heavy atom. The quantitative estimate of drug-likeness (QED) is 0.522. The van der Waals surface area contributed by atoms with Crippen molar-refractivity contribution in [1.82, 2.24) is 20.0 Å². The van der Waals surface area contributed by atoms with Gasteiger partial charge >= 0.3 is 6.03 Å². The number of hydrogen-bond donors (Lipinski definition) is 2. The van der Waals surface area contributed by atoms with Gasteiger partial charge in [-0.05, 0) is 29.8 Å². The maximum absolute atomic E-state index is 13.5. The topological polar surface area (TPSA) is 71.4 Å². The third kappa shape index (κ3) is 6.07. The predicted molar refractivity (Wildman–Crippen MR) is 136 cm³/mol. The van der Waals surface area contributed by atoms with Gasteiger partial charge in [-0.2, -0.15) is 5.10 Å². The molecule has 0 bridgehead atoms. The van der Waals surface area contributed by atoms with Gasteiger partial charge in [-0.3, -0.25) is 10.2 Å². The van der Waals surface area contributed by atoms with Gasteiger partial charge in [0.2, 0.25) is 0 Å². The molecule has 0 aliphatic carbocycles. The zero-order chi connectivity index (χ0) is 25.0. The van der Waals surface area contributed by atoms with E-state index in [4.69, 9.17) is 9.84 Å². The average Bonchev–Trinajstić information content (AvgIpc) is 3.43. The summed E-state index contributed by atoms with van der Waals surface area (Å²) in [4.78, 5) is 15.5. The second-order valence-electron chi connectivity index (χ2n) is 10.0. The summed E-state index contributed by atoms with van der Waals surface area (Å²) in [6, 6.07) is 17.8. The lowest BCUT2D eigenvalue weighted by atomic mass is 9.92. The fraction of sp³-hybridized carbons (Fsp3) is 0.407. The van der Waals surface area contributed by atoms with Gasteiger partial charge in [0.05, 0.1) is 24.0 Å². The van der Waals surface area contributed by atoms with E-state index in [9.17, 15) is 9.18 Å². The molecule has 1 aliphatic heterocycles. The van der Waals surface area contributed by atoms with Crippen molar-refractivity contribution < 1.29 is 13.9 Å². The molecule has 1 aromatic heterocycles. The number of carbonyl (C=O) groups excluding carboxylic acids is 1. The Hall–Kier alpha value is -3.23. The van der Waals surface area contributed by atoms with Crippen LogP contribution >= 0.6 is 0 Å². The number of benzene rings is 2. The van der Waals surface area contributed by atoms with E-state index in [1.807, 2.05) is 24.3 Å². The van der Waals surface area contributed by atoms with Crippen LogP contribution in [-0.2, 0) is 10.2 Å². The Bertz CT molecular complexity index is 1120. The minimum atomic E-state index is -0.324. The fourth-order valence-corrected chi connectivity index (χ4v) is 4.41. The van der Waals surface area contributed by atoms with Crippen LogP contribution in [-0.4, -0.2) is 60.1 Å². The molecular weight excluding hydrogens is 445 g/mol. The van der Waals surface area contributed by atoms with Gasteiger partial charge < -0.3 is 10.1 Å². The van der Waals surface area contributed by atoms with E-state index in [0.29, 0.717) is 18.1 Å². The number of hydrogen-bond acceptors (Lipinski definition) is 4. The lowest BCUT2D eigenvalue weighted by Gasteiger charge is -2.20. The molecule has 186 valence electrons. The Kier molecular flexibility index (Phi) is 7.52. The summed E-state index contributed by atoms with van der Waals surface area (Å²) < 4.78 is 20.4. The van der Waals surface area contributed by atoms with Gasteiger partial charge in [-0.25, -0.2) is 13.9 Å². The number of likely N-dealkylation sites (tertiary alicyclic amines) is 1. The third-order valence-corrected chi connectivity index (χ3v) is 6.34. The molecule has 2 aromatic carbocycles. The number of urea groups is 1. The van der Waals surface area contributed by atoms with E-state index >= 15 is 0 Å². The summed E-state index contributed by atoms with van der Waals surface area (Å²) >= 11 is 0. The van der Waals surface area contributed by atoms with E-state index in [0.717, 1.165) is 25.3 Å². The Balaban J connectivity index is 1.54. The highest BCUT2D eigenvalue weighted by molar-refractivity contribution is 5.89. The van der Waals surface area contributed by atoms with Crippen LogP contribution in [0.15, 0.2) is 60.7 Å². The first-order valence-corrected chi connectivity index (χ1v) is 11.9. The highest BCUT2D eigenvalue weighted by Crippen LogP contribution is 2.29. The van der Waals surface area contributed by atoms with Crippen molar-refractivity contribution >= 4 is 11.8 Å². The summed E-state index contributed by atoms with van der Waals surface area (Å²) in [5.41, 5.74) is 2.48. The van der Waals surface area contributed by atoms with Crippen LogP contribution in [0.5, 0.6) is 0 Å². The first-order valence-electron chi connectivity index (χ1n) is 11.9. The van der Waals surface area contributed by atoms with Crippen LogP contribution in [0.4, 0.5) is 15.0 Å². The van der Waals surface area contributed by atoms with Crippen LogP contribution in [0.25, 0.3) is 5.69 Å². The lowest BCUT2D eigenvalue weighted by Crippen LogP contribution is -2.42. The molecule has 1 aliphatic rings. The summed E-state index contributed by atoms with van der Waals surface area (Å²) in [6.45, 7) is 9.23. The SMILES string of the molecule is COCCN1CC(c2ccccc2)[C@H](NC(=O)Nc2cc(C(C)(C)C)nn2-c2ccc(F)cc2)C1. The molecule has 0 spiro atoms. The standard InChI is InChI=1S/C27H34FN5O2/c1-27(2,3)24-16-25(33(31-24)21-12-10-20(28)11-13-21)30-26(34)29-23-18-32(14-15-35-4)17-22(23)19-8-6-5-7-9-19/h5-13,16,22-23H,14-15,17-18H2,1-4H3,(H2,29,30,34)/t22?,23-/m1/s1. The molecule has 8 heteroatoms. The van der Waals surface area contributed by atoms with Gasteiger partial charge in [0.1, 0.15) is 11.6 Å². The second-order valence-corrected chi connectivity index (χ2v) is 10.0. The molecule has 35 heavy (non-hydrogen) atoms. The molecule has 1 unspecified atom stereocenters. The summed E-state index contributed by atoms with van der Waals surface area (Å²) in [5.74, 6) is 0.380. The molecule has 3 aromatic rings. The number of halogens is 1. The average molecular weight is 480 g/mol. The van der Waals surface area contributed by atoms with Gasteiger partial charge in [0.25, 0.3) is 0 Å². The zero-order valence-electron chi connectivity index (χ0n) is 20.8. The summed E-state index contributed by atoms with van der Waals surface area (Å²) in [6.07, 6.45) is 0. The van der Waals surface area contributed by atoms with Crippen molar-refractivity contribution in [2.24, 2.45) is 0 Å². The molecule has 0 radical (unpaired) electrons. The molecule has 2 atom stereocenters. The molecule has 4 rings (SSSR count). The number of nitrogens with one attached hydrogen (secondary N) is 2. The highest BCUT2D eigenvalue weighted by atomic mass is 19.1. The summed E-state index contributed by atoms with van der Waals surface area (Å²) in [7, 11) is 1.70. The van der Waals surface area contributed by atoms with E-state index in [1.54, 1.807) is 23.9 Å². The molecule has 1 fully saturated rings. The maximum atomic E-state index is 13.5. The van der Waals surface area contributed by atoms with E-state index in [2.05, 4.69) is 48.4 Å². The number of carbonyl (C=O) groups is 1. The van der Waals surface area contributed by atoms with Crippen LogP contribution in [0.1, 0.15) is 37.9 Å². The molecule has 2 heterocycles. The minimum absolute atomic E-state index is 0.0569. The number of nitrogens with zero attached hydrogens (tertiary/aromatic N) is 3. The summed E-state index contributed by atoms with van der Waals surface area (Å²) in [5, 5.41) is 10.9. The van der Waals surface area contributed by atoms with Crippen LogP contribution in [0, 0.1) is 5.82 Å². The van der Waals surface area contributed by atoms with Crippen molar-refractivity contribution in [3.05, 3.63) is 77.7 Å². The first kappa shape index (κ1) is 24.9. The van der Waals surface area contributed by atoms with Gasteiger partial charge in [0, 0.05) is 44.1 Å². The second kappa shape index (κ2) is 10.6. The number of aromatic nitrogens is 2. The van der Waals surface area contributed by atoms with Crippen LogP contribution in [0.3, 0.4) is 0 Å². The van der Waals surface area contributed by atoms with Crippen molar-refractivity contribution in [2.75, 3.05) is 38.7 Å². The van der Waals surface area contributed by atoms with Gasteiger partial charge in [-0.1, -0.05) is 51.1 Å². The van der Waals surface area contributed by atoms with Crippen molar-refractivity contribution in [1.29, 1.82) is 0 Å². The fourth-order valence-electron chi connectivity index (χ4n) is 4.41. The molecular formula is C27H34FN5O2. The maximum Gasteiger partial charge on any atom is 0.320 e. The molecule has 1 saturated heterocycles. The van der Waals surface area contributed by atoms with Gasteiger partial charge in [0.15, 0.2) is 0 Å². The third-order valence-electron chi connectivity index (χ3n) is 6.34. The first-order chi connectivity index (χ1) is 16.7. The van der Waals surface area contributed by atoms with E-state index < -0.39 is 0 Å². The number of anilines is 1. The lowest BCUT2D eigenvalue weighted by molar-refractivity contribution is 0.159. The molecule has 2 N–H and O–H groups in total. The van der Waals surface area contributed by atoms with Crippen LogP contribution < -0.4 is 10.6 Å². The molecule has 7 nitrogen and oxygen atoms in total. The Morgan fingerprint density at radius 1 is 1.11 bits per heavy atom.